The number of imidazole rings is 1. The normalized spacial score (nSPS) is 11.9. The summed E-state index contributed by atoms with van der Waals surface area (Å²) < 4.78 is 10.6. The Bertz CT molecular complexity index is 756. The lowest BCUT2D eigenvalue weighted by atomic mass is 9.91. The second-order valence-corrected chi connectivity index (χ2v) is 5.21. The summed E-state index contributed by atoms with van der Waals surface area (Å²) in [6.07, 6.45) is 4.29. The molecule has 0 spiro atoms. The number of aromatic amines is 1. The lowest BCUT2D eigenvalue weighted by Gasteiger charge is -2.17. The minimum absolute atomic E-state index is 0.118. The number of hydrogen-bond acceptors (Lipinski definition) is 4. The Morgan fingerprint density at radius 1 is 1.09 bits per heavy atom. The first-order valence-electron chi connectivity index (χ1n) is 7.42. The van der Waals surface area contributed by atoms with Gasteiger partial charge in [-0.1, -0.05) is 18.2 Å². The molecule has 0 aliphatic carbocycles. The number of H-pyrrole nitrogens is 1. The average Bonchev–Trinajstić information content (AvgIpc) is 3.14. The van der Waals surface area contributed by atoms with Crippen LogP contribution in [-0.4, -0.2) is 29.2 Å². The third-order valence-electron chi connectivity index (χ3n) is 3.79. The van der Waals surface area contributed by atoms with E-state index in [1.807, 2.05) is 42.6 Å². The van der Waals surface area contributed by atoms with E-state index in [2.05, 4.69) is 21.0 Å². The molecule has 0 aliphatic rings. The van der Waals surface area contributed by atoms with E-state index in [0.29, 0.717) is 5.88 Å². The fourth-order valence-corrected chi connectivity index (χ4v) is 2.62. The van der Waals surface area contributed by atoms with E-state index < -0.39 is 0 Å². The van der Waals surface area contributed by atoms with Gasteiger partial charge in [0.1, 0.15) is 5.75 Å². The zero-order valence-electron chi connectivity index (χ0n) is 13.2. The molecule has 0 saturated heterocycles. The van der Waals surface area contributed by atoms with Crippen molar-refractivity contribution in [3.05, 3.63) is 71.9 Å². The first-order chi connectivity index (χ1) is 11.3. The van der Waals surface area contributed by atoms with E-state index in [4.69, 9.17) is 9.47 Å². The number of nitrogens with one attached hydrogen (secondary N) is 1. The fraction of sp³-hybridized carbons (Fsp3) is 0.222. The topological polar surface area (TPSA) is 60.0 Å². The molecule has 2 aromatic heterocycles. The summed E-state index contributed by atoms with van der Waals surface area (Å²) in [5.41, 5.74) is 3.16. The maximum atomic E-state index is 5.35. The summed E-state index contributed by atoms with van der Waals surface area (Å²) in [6.45, 7) is 0. The van der Waals surface area contributed by atoms with Gasteiger partial charge in [0.2, 0.25) is 5.88 Å². The van der Waals surface area contributed by atoms with E-state index in [9.17, 15) is 0 Å². The summed E-state index contributed by atoms with van der Waals surface area (Å²) in [7, 11) is 3.30. The predicted octanol–water partition coefficient (Wildman–Crippen LogP) is 3.20. The average molecular weight is 309 g/mol. The Balaban J connectivity index is 1.95. The van der Waals surface area contributed by atoms with Crippen LogP contribution in [0.4, 0.5) is 0 Å². The highest BCUT2D eigenvalue weighted by Crippen LogP contribution is 2.29. The molecule has 0 fully saturated rings. The number of pyridine rings is 1. The van der Waals surface area contributed by atoms with Gasteiger partial charge < -0.3 is 14.5 Å². The molecule has 23 heavy (non-hydrogen) atoms. The molecule has 0 radical (unpaired) electrons. The van der Waals surface area contributed by atoms with Crippen molar-refractivity contribution in [3.8, 4) is 11.6 Å². The number of ether oxygens (including phenoxy) is 2. The largest absolute Gasteiger partial charge is 0.497 e. The van der Waals surface area contributed by atoms with Crippen LogP contribution in [-0.2, 0) is 6.42 Å². The number of hydrogen-bond donors (Lipinski definition) is 1. The van der Waals surface area contributed by atoms with Gasteiger partial charge in [-0.3, -0.25) is 0 Å². The van der Waals surface area contributed by atoms with Crippen LogP contribution in [0.25, 0.3) is 0 Å². The van der Waals surface area contributed by atoms with Gasteiger partial charge in [-0.25, -0.2) is 9.97 Å². The van der Waals surface area contributed by atoms with E-state index in [1.165, 1.54) is 0 Å². The first kappa shape index (κ1) is 15.1. The molecule has 5 nitrogen and oxygen atoms in total. The zero-order chi connectivity index (χ0) is 16.1. The summed E-state index contributed by atoms with van der Waals surface area (Å²) in [4.78, 5) is 11.9. The maximum absolute atomic E-state index is 5.35. The van der Waals surface area contributed by atoms with Gasteiger partial charge in [0, 0.05) is 36.0 Å². The van der Waals surface area contributed by atoms with Crippen molar-refractivity contribution >= 4 is 0 Å². The molecule has 0 amide bonds. The van der Waals surface area contributed by atoms with Gasteiger partial charge in [0.25, 0.3) is 0 Å². The molecule has 1 N–H and O–H groups in total. The first-order valence-corrected chi connectivity index (χ1v) is 7.42. The van der Waals surface area contributed by atoms with E-state index >= 15 is 0 Å². The standard InChI is InChI=1S/C18H19N3O2/c1-22-15-7-3-5-13(9-15)16(17-11-19-12-20-17)10-14-6-4-8-18(21-14)23-2/h3-9,11-12,16H,10H2,1-2H3,(H,19,20). The molecule has 0 aliphatic heterocycles. The smallest absolute Gasteiger partial charge is 0.213 e. The highest BCUT2D eigenvalue weighted by atomic mass is 16.5. The molecule has 0 bridgehead atoms. The molecule has 2 heterocycles. The maximum Gasteiger partial charge on any atom is 0.213 e. The molecule has 5 heteroatoms. The Kier molecular flexibility index (Phi) is 4.57. The van der Waals surface area contributed by atoms with Gasteiger partial charge in [-0.2, -0.15) is 0 Å². The summed E-state index contributed by atoms with van der Waals surface area (Å²) >= 11 is 0. The number of nitrogens with zero attached hydrogens (tertiary/aromatic N) is 2. The summed E-state index contributed by atoms with van der Waals surface area (Å²) in [5, 5.41) is 0. The molecule has 3 aromatic rings. The van der Waals surface area contributed by atoms with Crippen molar-refractivity contribution in [2.45, 2.75) is 12.3 Å². The van der Waals surface area contributed by atoms with Gasteiger partial charge in [0.15, 0.2) is 0 Å². The van der Waals surface area contributed by atoms with Crippen LogP contribution in [0.15, 0.2) is 55.0 Å². The number of benzene rings is 1. The molecule has 0 saturated carbocycles. The third kappa shape index (κ3) is 3.51. The van der Waals surface area contributed by atoms with Gasteiger partial charge in [-0.05, 0) is 23.8 Å². The Morgan fingerprint density at radius 2 is 1.96 bits per heavy atom. The Labute approximate surface area is 135 Å². The molecule has 3 rings (SSSR count). The van der Waals surface area contributed by atoms with Crippen LogP contribution in [0.1, 0.15) is 22.9 Å². The molecule has 1 unspecified atom stereocenters. The molecule has 1 aromatic carbocycles. The van der Waals surface area contributed by atoms with Crippen LogP contribution in [0.5, 0.6) is 11.6 Å². The van der Waals surface area contributed by atoms with Crippen LogP contribution < -0.4 is 9.47 Å². The lowest BCUT2D eigenvalue weighted by molar-refractivity contribution is 0.396. The summed E-state index contributed by atoms with van der Waals surface area (Å²) in [6, 6.07) is 13.9. The van der Waals surface area contributed by atoms with Crippen molar-refractivity contribution in [1.82, 2.24) is 15.0 Å². The van der Waals surface area contributed by atoms with Crippen molar-refractivity contribution in [2.75, 3.05) is 14.2 Å². The lowest BCUT2D eigenvalue weighted by Crippen LogP contribution is -2.07. The van der Waals surface area contributed by atoms with Gasteiger partial charge in [0.05, 0.1) is 20.5 Å². The second-order valence-electron chi connectivity index (χ2n) is 5.21. The molecular formula is C18H19N3O2. The van der Waals surface area contributed by atoms with Crippen LogP contribution >= 0.6 is 0 Å². The molecule has 118 valence electrons. The van der Waals surface area contributed by atoms with Crippen molar-refractivity contribution in [2.24, 2.45) is 0 Å². The minimum atomic E-state index is 0.118. The van der Waals surface area contributed by atoms with E-state index in [-0.39, 0.29) is 5.92 Å². The predicted molar refractivity (Wildman–Crippen MR) is 87.9 cm³/mol. The van der Waals surface area contributed by atoms with Gasteiger partial charge >= 0.3 is 0 Å². The van der Waals surface area contributed by atoms with Crippen molar-refractivity contribution in [1.29, 1.82) is 0 Å². The Hall–Kier alpha value is -2.82. The molecule has 1 atom stereocenters. The van der Waals surface area contributed by atoms with Crippen LogP contribution in [0.3, 0.4) is 0 Å². The quantitative estimate of drug-likeness (QED) is 0.759. The van der Waals surface area contributed by atoms with Crippen LogP contribution in [0.2, 0.25) is 0 Å². The SMILES string of the molecule is COc1cccc(C(Cc2cccc(OC)n2)c2cnc[nH]2)c1. The molecular weight excluding hydrogens is 290 g/mol. The minimum Gasteiger partial charge on any atom is -0.497 e. The zero-order valence-corrected chi connectivity index (χ0v) is 13.2. The Morgan fingerprint density at radius 3 is 2.70 bits per heavy atom. The second kappa shape index (κ2) is 6.96. The van der Waals surface area contributed by atoms with Crippen molar-refractivity contribution < 1.29 is 9.47 Å². The number of rotatable bonds is 6. The van der Waals surface area contributed by atoms with Crippen molar-refractivity contribution in [3.63, 3.8) is 0 Å². The highest BCUT2D eigenvalue weighted by molar-refractivity contribution is 5.36. The highest BCUT2D eigenvalue weighted by Gasteiger charge is 2.18. The fourth-order valence-electron chi connectivity index (χ4n) is 2.62. The number of methoxy groups -OCH3 is 2. The number of aromatic nitrogens is 3. The third-order valence-corrected chi connectivity index (χ3v) is 3.79. The monoisotopic (exact) mass is 309 g/mol. The van der Waals surface area contributed by atoms with Crippen LogP contribution in [0, 0.1) is 0 Å². The van der Waals surface area contributed by atoms with E-state index in [0.717, 1.165) is 29.1 Å². The summed E-state index contributed by atoms with van der Waals surface area (Å²) in [5.74, 6) is 1.58. The van der Waals surface area contributed by atoms with E-state index in [1.54, 1.807) is 20.5 Å². The van der Waals surface area contributed by atoms with Gasteiger partial charge in [-0.15, -0.1) is 0 Å².